The molecule has 0 aliphatic heterocycles. The molecule has 2 rings (SSSR count). The van der Waals surface area contributed by atoms with Gasteiger partial charge in [0.05, 0.1) is 5.75 Å². The monoisotopic (exact) mass is 170 g/mol. The van der Waals surface area contributed by atoms with Crippen LogP contribution in [0.1, 0.15) is 30.5 Å². The molecule has 0 bridgehead atoms. The summed E-state index contributed by atoms with van der Waals surface area (Å²) in [4.78, 5) is 4.26. The summed E-state index contributed by atoms with van der Waals surface area (Å²) in [6.07, 6.45) is 4.48. The Balaban J connectivity index is 2.06. The third kappa shape index (κ3) is 1.56. The molecule has 0 unspecified atom stereocenters. The Labute approximate surface area is 69.6 Å². The van der Waals surface area contributed by atoms with Gasteiger partial charge >= 0.3 is 0 Å². The van der Waals surface area contributed by atoms with Gasteiger partial charge in [-0.05, 0) is 19.1 Å². The maximum absolute atomic E-state index is 5.07. The molecule has 0 amide bonds. The van der Waals surface area contributed by atoms with Crippen LogP contribution >= 0.6 is 11.8 Å². The second-order valence-electron chi connectivity index (χ2n) is 2.76. The third-order valence-corrected chi connectivity index (χ3v) is 2.23. The molecule has 1 saturated carbocycles. The van der Waals surface area contributed by atoms with Gasteiger partial charge in [-0.25, -0.2) is 0 Å². The van der Waals surface area contributed by atoms with Gasteiger partial charge in [-0.15, -0.1) is 0 Å². The topological polar surface area (TPSA) is 38.9 Å². The van der Waals surface area contributed by atoms with Crippen LogP contribution in [0.2, 0.25) is 0 Å². The van der Waals surface area contributed by atoms with Crippen LogP contribution in [0.15, 0.2) is 4.52 Å². The lowest BCUT2D eigenvalue weighted by molar-refractivity contribution is 0.375. The van der Waals surface area contributed by atoms with E-state index in [9.17, 15) is 0 Å². The van der Waals surface area contributed by atoms with Crippen LogP contribution in [0.25, 0.3) is 0 Å². The Morgan fingerprint density at radius 3 is 3.09 bits per heavy atom. The van der Waals surface area contributed by atoms with Gasteiger partial charge in [0.15, 0.2) is 5.82 Å². The van der Waals surface area contributed by atoms with E-state index in [0.717, 1.165) is 17.5 Å². The van der Waals surface area contributed by atoms with Crippen molar-refractivity contribution in [2.75, 3.05) is 6.26 Å². The second-order valence-corrected chi connectivity index (χ2v) is 3.62. The lowest BCUT2D eigenvalue weighted by Gasteiger charge is -1.83. The van der Waals surface area contributed by atoms with E-state index in [4.69, 9.17) is 4.52 Å². The standard InChI is InChI=1S/C7H10N2OS/c1-11-4-6-8-7(10-9-6)5-2-3-5/h5H,2-4H2,1H3. The number of hydrogen-bond donors (Lipinski definition) is 0. The van der Waals surface area contributed by atoms with Crippen LogP contribution in [0.5, 0.6) is 0 Å². The quantitative estimate of drug-likeness (QED) is 0.693. The van der Waals surface area contributed by atoms with Gasteiger partial charge in [-0.2, -0.15) is 16.7 Å². The Morgan fingerprint density at radius 1 is 1.64 bits per heavy atom. The summed E-state index contributed by atoms with van der Waals surface area (Å²) in [5, 5.41) is 3.86. The van der Waals surface area contributed by atoms with Gasteiger partial charge in [-0.3, -0.25) is 0 Å². The van der Waals surface area contributed by atoms with E-state index in [1.54, 1.807) is 11.8 Å². The minimum absolute atomic E-state index is 0.582. The van der Waals surface area contributed by atoms with Crippen molar-refractivity contribution in [1.29, 1.82) is 0 Å². The van der Waals surface area contributed by atoms with E-state index in [1.807, 2.05) is 6.26 Å². The molecule has 0 spiro atoms. The predicted molar refractivity (Wildman–Crippen MR) is 43.5 cm³/mol. The Kier molecular flexibility index (Phi) is 1.85. The maximum Gasteiger partial charge on any atom is 0.229 e. The van der Waals surface area contributed by atoms with E-state index in [2.05, 4.69) is 10.1 Å². The Hall–Kier alpha value is -0.510. The van der Waals surface area contributed by atoms with Gasteiger partial charge in [0.25, 0.3) is 0 Å². The smallest absolute Gasteiger partial charge is 0.229 e. The van der Waals surface area contributed by atoms with Gasteiger partial charge in [0.1, 0.15) is 0 Å². The Bertz CT molecular complexity index is 244. The van der Waals surface area contributed by atoms with E-state index >= 15 is 0 Å². The zero-order valence-corrected chi connectivity index (χ0v) is 7.23. The number of hydrogen-bond acceptors (Lipinski definition) is 4. The van der Waals surface area contributed by atoms with Crippen molar-refractivity contribution >= 4 is 11.8 Å². The van der Waals surface area contributed by atoms with Crippen molar-refractivity contribution < 1.29 is 4.52 Å². The summed E-state index contributed by atoms with van der Waals surface area (Å²) in [6.45, 7) is 0. The van der Waals surface area contributed by atoms with Gasteiger partial charge in [0.2, 0.25) is 5.89 Å². The predicted octanol–water partition coefficient (Wildman–Crippen LogP) is 1.81. The molecule has 0 saturated heterocycles. The fourth-order valence-corrected chi connectivity index (χ4v) is 1.33. The van der Waals surface area contributed by atoms with Crippen LogP contribution in [0.4, 0.5) is 0 Å². The van der Waals surface area contributed by atoms with Gasteiger partial charge in [0, 0.05) is 5.92 Å². The first kappa shape index (κ1) is 7.16. The van der Waals surface area contributed by atoms with Crippen LogP contribution in [-0.2, 0) is 5.75 Å². The zero-order valence-electron chi connectivity index (χ0n) is 6.41. The summed E-state index contributed by atoms with van der Waals surface area (Å²) in [5.74, 6) is 3.11. The highest BCUT2D eigenvalue weighted by Gasteiger charge is 2.29. The first-order valence-electron chi connectivity index (χ1n) is 3.71. The minimum Gasteiger partial charge on any atom is -0.339 e. The number of nitrogens with zero attached hydrogens (tertiary/aromatic N) is 2. The van der Waals surface area contributed by atoms with E-state index < -0.39 is 0 Å². The van der Waals surface area contributed by atoms with Gasteiger partial charge < -0.3 is 4.52 Å². The van der Waals surface area contributed by atoms with Crippen molar-refractivity contribution in [3.63, 3.8) is 0 Å². The molecular weight excluding hydrogens is 160 g/mol. The highest BCUT2D eigenvalue weighted by atomic mass is 32.2. The fourth-order valence-electron chi connectivity index (χ4n) is 0.951. The summed E-state index contributed by atoms with van der Waals surface area (Å²) >= 11 is 1.72. The van der Waals surface area contributed by atoms with Crippen LogP contribution in [-0.4, -0.2) is 16.4 Å². The summed E-state index contributed by atoms with van der Waals surface area (Å²) in [5.41, 5.74) is 0. The largest absolute Gasteiger partial charge is 0.339 e. The van der Waals surface area contributed by atoms with Crippen LogP contribution in [0, 0.1) is 0 Å². The molecule has 11 heavy (non-hydrogen) atoms. The molecule has 1 aliphatic rings. The number of aromatic nitrogens is 2. The van der Waals surface area contributed by atoms with Crippen LogP contribution in [0.3, 0.4) is 0 Å². The van der Waals surface area contributed by atoms with Crippen LogP contribution < -0.4 is 0 Å². The minimum atomic E-state index is 0.582. The molecule has 0 radical (unpaired) electrons. The maximum atomic E-state index is 5.07. The SMILES string of the molecule is CSCc1noc(C2CC2)n1. The van der Waals surface area contributed by atoms with E-state index in [0.29, 0.717) is 5.92 Å². The first-order valence-corrected chi connectivity index (χ1v) is 5.11. The molecule has 60 valence electrons. The van der Waals surface area contributed by atoms with E-state index in [-0.39, 0.29) is 0 Å². The molecule has 4 heteroatoms. The fraction of sp³-hybridized carbons (Fsp3) is 0.714. The summed E-state index contributed by atoms with van der Waals surface area (Å²) < 4.78 is 5.07. The highest BCUT2D eigenvalue weighted by molar-refractivity contribution is 7.97. The normalized spacial score (nSPS) is 17.2. The van der Waals surface area contributed by atoms with Crippen molar-refractivity contribution in [3.8, 4) is 0 Å². The number of rotatable bonds is 3. The van der Waals surface area contributed by atoms with Gasteiger partial charge in [-0.1, -0.05) is 5.16 Å². The van der Waals surface area contributed by atoms with Crippen molar-refractivity contribution in [2.24, 2.45) is 0 Å². The highest BCUT2D eigenvalue weighted by Crippen LogP contribution is 2.38. The molecule has 1 fully saturated rings. The van der Waals surface area contributed by atoms with Crippen molar-refractivity contribution in [2.45, 2.75) is 24.5 Å². The summed E-state index contributed by atoms with van der Waals surface area (Å²) in [7, 11) is 0. The first-order chi connectivity index (χ1) is 5.40. The molecule has 0 N–H and O–H groups in total. The molecule has 3 nitrogen and oxygen atoms in total. The second kappa shape index (κ2) is 2.85. The average Bonchev–Trinajstić information content (AvgIpc) is 2.75. The molecule has 1 aromatic heterocycles. The lowest BCUT2D eigenvalue weighted by atomic mass is 10.4. The van der Waals surface area contributed by atoms with E-state index in [1.165, 1.54) is 12.8 Å². The third-order valence-electron chi connectivity index (χ3n) is 1.68. The Morgan fingerprint density at radius 2 is 2.45 bits per heavy atom. The number of thioether (sulfide) groups is 1. The molecule has 1 heterocycles. The molecule has 0 atom stereocenters. The molecule has 0 aromatic carbocycles. The zero-order chi connectivity index (χ0) is 7.68. The average molecular weight is 170 g/mol. The lowest BCUT2D eigenvalue weighted by Crippen LogP contribution is -1.83. The van der Waals surface area contributed by atoms with Crippen molar-refractivity contribution in [3.05, 3.63) is 11.7 Å². The molecule has 1 aliphatic carbocycles. The molecular formula is C7H10N2OS. The summed E-state index contributed by atoms with van der Waals surface area (Å²) in [6, 6.07) is 0. The van der Waals surface area contributed by atoms with Crippen molar-refractivity contribution in [1.82, 2.24) is 10.1 Å². The molecule has 1 aromatic rings.